The summed E-state index contributed by atoms with van der Waals surface area (Å²) in [7, 11) is 0. The van der Waals surface area contributed by atoms with E-state index in [0.29, 0.717) is 43.2 Å². The minimum absolute atomic E-state index is 0.124. The molecule has 2 aromatic rings. The SMILES string of the molecule is C[C@@H](CC(=O)N1CCN(C(=O)c2cccc(Cl)c2Cl)CC1)c1ccccc1. The van der Waals surface area contributed by atoms with Gasteiger partial charge in [-0.3, -0.25) is 9.59 Å². The Kier molecular flexibility index (Phi) is 6.40. The van der Waals surface area contributed by atoms with Crippen LogP contribution in [0.5, 0.6) is 0 Å². The minimum atomic E-state index is -0.146. The van der Waals surface area contributed by atoms with Crippen molar-refractivity contribution in [2.45, 2.75) is 19.3 Å². The Morgan fingerprint density at radius 1 is 0.926 bits per heavy atom. The molecule has 0 radical (unpaired) electrons. The van der Waals surface area contributed by atoms with Gasteiger partial charge < -0.3 is 9.80 Å². The van der Waals surface area contributed by atoms with E-state index in [1.54, 1.807) is 23.1 Å². The predicted molar refractivity (Wildman–Crippen MR) is 108 cm³/mol. The maximum Gasteiger partial charge on any atom is 0.255 e. The quantitative estimate of drug-likeness (QED) is 0.753. The zero-order valence-corrected chi connectivity index (χ0v) is 16.7. The molecule has 4 nitrogen and oxygen atoms in total. The van der Waals surface area contributed by atoms with E-state index in [1.165, 1.54) is 0 Å². The van der Waals surface area contributed by atoms with Crippen LogP contribution in [-0.4, -0.2) is 47.8 Å². The van der Waals surface area contributed by atoms with Crippen molar-refractivity contribution in [3.05, 3.63) is 69.7 Å². The third kappa shape index (κ3) is 4.63. The van der Waals surface area contributed by atoms with Crippen LogP contribution in [0.1, 0.15) is 35.2 Å². The van der Waals surface area contributed by atoms with Gasteiger partial charge in [0, 0.05) is 32.6 Å². The molecule has 0 aliphatic carbocycles. The van der Waals surface area contributed by atoms with Gasteiger partial charge in [-0.25, -0.2) is 0 Å². The second-order valence-corrected chi connectivity index (χ2v) is 7.58. The van der Waals surface area contributed by atoms with Crippen LogP contribution in [0.25, 0.3) is 0 Å². The van der Waals surface area contributed by atoms with E-state index < -0.39 is 0 Å². The van der Waals surface area contributed by atoms with E-state index in [4.69, 9.17) is 23.2 Å². The zero-order valence-electron chi connectivity index (χ0n) is 15.2. The summed E-state index contributed by atoms with van der Waals surface area (Å²) in [4.78, 5) is 28.9. The average Bonchev–Trinajstić information content (AvgIpc) is 2.70. The Balaban J connectivity index is 1.56. The fraction of sp³-hybridized carbons (Fsp3) is 0.333. The molecular weight excluding hydrogens is 383 g/mol. The van der Waals surface area contributed by atoms with Gasteiger partial charge in [0.1, 0.15) is 0 Å². The van der Waals surface area contributed by atoms with Crippen LogP contribution in [0.3, 0.4) is 0 Å². The Morgan fingerprint density at radius 2 is 1.56 bits per heavy atom. The molecule has 142 valence electrons. The number of piperazine rings is 1. The number of benzene rings is 2. The first-order chi connectivity index (χ1) is 13.0. The number of amides is 2. The highest BCUT2D eigenvalue weighted by Crippen LogP contribution is 2.27. The van der Waals surface area contributed by atoms with Crippen LogP contribution in [0.4, 0.5) is 0 Å². The first-order valence-corrected chi connectivity index (χ1v) is 9.79. The van der Waals surface area contributed by atoms with Gasteiger partial charge in [0.2, 0.25) is 5.91 Å². The van der Waals surface area contributed by atoms with Gasteiger partial charge in [0.25, 0.3) is 5.91 Å². The maximum absolute atomic E-state index is 12.7. The molecule has 0 N–H and O–H groups in total. The first-order valence-electron chi connectivity index (χ1n) is 9.03. The number of nitrogens with zero attached hydrogens (tertiary/aromatic N) is 2. The summed E-state index contributed by atoms with van der Waals surface area (Å²) >= 11 is 12.2. The normalized spacial score (nSPS) is 15.5. The molecule has 1 saturated heterocycles. The summed E-state index contributed by atoms with van der Waals surface area (Å²) in [5.41, 5.74) is 1.57. The molecule has 0 aromatic heterocycles. The van der Waals surface area contributed by atoms with Gasteiger partial charge in [-0.15, -0.1) is 0 Å². The fourth-order valence-corrected chi connectivity index (χ4v) is 3.67. The average molecular weight is 405 g/mol. The molecule has 2 aromatic carbocycles. The summed E-state index contributed by atoms with van der Waals surface area (Å²) in [5.74, 6) is 0.148. The molecule has 0 bridgehead atoms. The van der Waals surface area contributed by atoms with E-state index in [-0.39, 0.29) is 22.8 Å². The van der Waals surface area contributed by atoms with Crippen molar-refractivity contribution >= 4 is 35.0 Å². The van der Waals surface area contributed by atoms with Crippen LogP contribution in [0.15, 0.2) is 48.5 Å². The highest BCUT2D eigenvalue weighted by atomic mass is 35.5. The van der Waals surface area contributed by atoms with Crippen LogP contribution in [0.2, 0.25) is 10.0 Å². The molecule has 2 amide bonds. The van der Waals surface area contributed by atoms with Gasteiger partial charge in [-0.05, 0) is 23.6 Å². The molecule has 1 heterocycles. The number of carbonyl (C=O) groups excluding carboxylic acids is 2. The molecule has 27 heavy (non-hydrogen) atoms. The molecule has 1 aliphatic heterocycles. The number of hydrogen-bond donors (Lipinski definition) is 0. The van der Waals surface area contributed by atoms with Gasteiger partial charge in [-0.1, -0.05) is 66.5 Å². The second kappa shape index (κ2) is 8.77. The molecule has 1 aliphatic rings. The molecule has 0 unspecified atom stereocenters. The summed E-state index contributed by atoms with van der Waals surface area (Å²) in [6, 6.07) is 15.1. The number of hydrogen-bond acceptors (Lipinski definition) is 2. The Morgan fingerprint density at radius 3 is 2.22 bits per heavy atom. The number of rotatable bonds is 4. The van der Waals surface area contributed by atoms with Crippen molar-refractivity contribution in [2.75, 3.05) is 26.2 Å². The highest BCUT2D eigenvalue weighted by molar-refractivity contribution is 6.43. The van der Waals surface area contributed by atoms with Crippen molar-refractivity contribution in [3.63, 3.8) is 0 Å². The molecule has 1 fully saturated rings. The van der Waals surface area contributed by atoms with Crippen LogP contribution < -0.4 is 0 Å². The van der Waals surface area contributed by atoms with E-state index in [9.17, 15) is 9.59 Å². The summed E-state index contributed by atoms with van der Waals surface area (Å²) in [6.07, 6.45) is 0.470. The van der Waals surface area contributed by atoms with Gasteiger partial charge >= 0.3 is 0 Å². The second-order valence-electron chi connectivity index (χ2n) is 6.79. The van der Waals surface area contributed by atoms with Gasteiger partial charge in [-0.2, -0.15) is 0 Å². The Bertz CT molecular complexity index is 818. The largest absolute Gasteiger partial charge is 0.339 e. The smallest absolute Gasteiger partial charge is 0.255 e. The van der Waals surface area contributed by atoms with Gasteiger partial charge in [0.15, 0.2) is 0 Å². The lowest BCUT2D eigenvalue weighted by atomic mass is 9.97. The third-order valence-corrected chi connectivity index (χ3v) is 5.77. The monoisotopic (exact) mass is 404 g/mol. The van der Waals surface area contributed by atoms with E-state index in [1.807, 2.05) is 35.2 Å². The first kappa shape index (κ1) is 19.7. The number of halogens is 2. The molecule has 0 spiro atoms. The van der Waals surface area contributed by atoms with Crippen LogP contribution in [-0.2, 0) is 4.79 Å². The lowest BCUT2D eigenvalue weighted by Crippen LogP contribution is -2.50. The Hall–Kier alpha value is -2.04. The van der Waals surface area contributed by atoms with Crippen LogP contribution in [0, 0.1) is 0 Å². The van der Waals surface area contributed by atoms with Crippen molar-refractivity contribution in [2.24, 2.45) is 0 Å². The maximum atomic E-state index is 12.7. The molecule has 1 atom stereocenters. The molecule has 3 rings (SSSR count). The summed E-state index contributed by atoms with van der Waals surface area (Å²) < 4.78 is 0. The third-order valence-electron chi connectivity index (χ3n) is 4.95. The van der Waals surface area contributed by atoms with Crippen LogP contribution >= 0.6 is 23.2 Å². The van der Waals surface area contributed by atoms with Crippen molar-refractivity contribution < 1.29 is 9.59 Å². The van der Waals surface area contributed by atoms with Crippen molar-refractivity contribution in [3.8, 4) is 0 Å². The van der Waals surface area contributed by atoms with Crippen molar-refractivity contribution in [1.82, 2.24) is 9.80 Å². The fourth-order valence-electron chi connectivity index (χ4n) is 3.29. The highest BCUT2D eigenvalue weighted by Gasteiger charge is 2.27. The molecule has 0 saturated carbocycles. The predicted octanol–water partition coefficient (Wildman–Crippen LogP) is 4.47. The Labute approximate surface area is 169 Å². The number of carbonyl (C=O) groups is 2. The van der Waals surface area contributed by atoms with Gasteiger partial charge in [0.05, 0.1) is 15.6 Å². The molecular formula is C21H22Cl2N2O2. The van der Waals surface area contributed by atoms with E-state index in [0.717, 1.165) is 5.56 Å². The molecule has 6 heteroatoms. The topological polar surface area (TPSA) is 40.6 Å². The summed E-state index contributed by atoms with van der Waals surface area (Å²) in [5, 5.41) is 0.644. The minimum Gasteiger partial charge on any atom is -0.339 e. The summed E-state index contributed by atoms with van der Waals surface area (Å²) in [6.45, 7) is 4.11. The standard InChI is InChI=1S/C21H22Cl2N2O2/c1-15(16-6-3-2-4-7-16)14-19(26)24-10-12-25(13-11-24)21(27)17-8-5-9-18(22)20(17)23/h2-9,15H,10-14H2,1H3/t15-/m0/s1. The van der Waals surface area contributed by atoms with E-state index in [2.05, 4.69) is 6.92 Å². The van der Waals surface area contributed by atoms with E-state index >= 15 is 0 Å². The zero-order chi connectivity index (χ0) is 19.4. The van der Waals surface area contributed by atoms with Crippen molar-refractivity contribution in [1.29, 1.82) is 0 Å². The lowest BCUT2D eigenvalue weighted by Gasteiger charge is -2.35. The lowest BCUT2D eigenvalue weighted by molar-refractivity contribution is -0.133.